The van der Waals surface area contributed by atoms with Crippen molar-refractivity contribution in [2.75, 3.05) is 31.7 Å². The van der Waals surface area contributed by atoms with Gasteiger partial charge in [0, 0.05) is 23.6 Å². The van der Waals surface area contributed by atoms with Crippen molar-refractivity contribution in [2.45, 2.75) is 23.5 Å². The molecule has 0 bridgehead atoms. The van der Waals surface area contributed by atoms with Crippen LogP contribution in [0.25, 0.3) is 0 Å². The minimum absolute atomic E-state index is 0.0262. The molecule has 1 saturated heterocycles. The van der Waals surface area contributed by atoms with Crippen molar-refractivity contribution < 1.29 is 17.5 Å². The molecule has 21 heavy (non-hydrogen) atoms. The zero-order valence-corrected chi connectivity index (χ0v) is 13.9. The zero-order chi connectivity index (χ0) is 15.8. The summed E-state index contributed by atoms with van der Waals surface area (Å²) in [4.78, 5) is -0.138. The molecule has 5 nitrogen and oxygen atoms in total. The number of hydrogen-bond acceptors (Lipinski definition) is 5. The Hall–Kier alpha value is -0.990. The molecule has 0 unspecified atom stereocenters. The fourth-order valence-corrected chi connectivity index (χ4v) is 5.24. The summed E-state index contributed by atoms with van der Waals surface area (Å²) in [6.45, 7) is 4.77. The number of thioether (sulfide) groups is 1. The van der Waals surface area contributed by atoms with E-state index in [2.05, 4.69) is 0 Å². The third-order valence-electron chi connectivity index (χ3n) is 3.28. The van der Waals surface area contributed by atoms with Gasteiger partial charge in [0.2, 0.25) is 10.0 Å². The number of methoxy groups -OCH3 is 1. The molecule has 1 heterocycles. The van der Waals surface area contributed by atoms with Gasteiger partial charge in [0.15, 0.2) is 11.6 Å². The van der Waals surface area contributed by atoms with E-state index in [1.54, 1.807) is 11.8 Å². The smallest absolute Gasteiger partial charge is 0.243 e. The summed E-state index contributed by atoms with van der Waals surface area (Å²) < 4.78 is 45.2. The van der Waals surface area contributed by atoms with E-state index in [4.69, 9.17) is 10.5 Å². The predicted molar refractivity (Wildman–Crippen MR) is 82.7 cm³/mol. The van der Waals surface area contributed by atoms with Crippen LogP contribution in [-0.2, 0) is 10.0 Å². The molecule has 0 amide bonds. The number of nitrogens with zero attached hydrogens (tertiary/aromatic N) is 1. The largest absolute Gasteiger partial charge is 0.492 e. The number of nitrogen functional groups attached to an aromatic ring is 1. The fourth-order valence-electron chi connectivity index (χ4n) is 2.28. The van der Waals surface area contributed by atoms with Gasteiger partial charge in [-0.1, -0.05) is 0 Å². The number of anilines is 1. The van der Waals surface area contributed by atoms with Gasteiger partial charge < -0.3 is 10.5 Å². The van der Waals surface area contributed by atoms with Crippen LogP contribution in [0.1, 0.15) is 13.8 Å². The topological polar surface area (TPSA) is 72.6 Å². The molecule has 0 aromatic heterocycles. The molecule has 2 rings (SSSR count). The Morgan fingerprint density at radius 2 is 2.10 bits per heavy atom. The third-order valence-corrected chi connectivity index (χ3v) is 6.40. The van der Waals surface area contributed by atoms with Crippen LogP contribution < -0.4 is 10.5 Å². The summed E-state index contributed by atoms with van der Waals surface area (Å²) in [6.07, 6.45) is 0. The van der Waals surface area contributed by atoms with Gasteiger partial charge in [-0.05, 0) is 26.0 Å². The Labute approximate surface area is 128 Å². The molecule has 1 aromatic carbocycles. The molecule has 0 atom stereocenters. The third kappa shape index (κ3) is 3.27. The first-order chi connectivity index (χ1) is 9.67. The standard InChI is InChI=1S/C13H19FN2O3S2/c1-13(2)8-16(4-5-20-13)21(17,18)9-6-10(14)12(19-3)11(15)7-9/h6-7H,4-5,8,15H2,1-3H3. The van der Waals surface area contributed by atoms with Crippen molar-refractivity contribution >= 4 is 27.5 Å². The SMILES string of the molecule is COc1c(N)cc(S(=O)(=O)N2CCSC(C)(C)C2)cc1F. The maximum atomic E-state index is 13.9. The van der Waals surface area contributed by atoms with Crippen LogP contribution in [-0.4, -0.2) is 43.4 Å². The summed E-state index contributed by atoms with van der Waals surface area (Å²) in [5.41, 5.74) is 5.63. The molecule has 0 aliphatic carbocycles. The van der Waals surface area contributed by atoms with Gasteiger partial charge in [0.05, 0.1) is 17.7 Å². The lowest BCUT2D eigenvalue weighted by Gasteiger charge is -2.36. The van der Waals surface area contributed by atoms with Crippen molar-refractivity contribution in [3.8, 4) is 5.75 Å². The molecule has 118 valence electrons. The van der Waals surface area contributed by atoms with Crippen molar-refractivity contribution in [1.82, 2.24) is 4.31 Å². The van der Waals surface area contributed by atoms with Crippen LogP contribution in [0.4, 0.5) is 10.1 Å². The molecule has 1 aromatic rings. The van der Waals surface area contributed by atoms with Crippen molar-refractivity contribution in [1.29, 1.82) is 0 Å². The Morgan fingerprint density at radius 1 is 1.43 bits per heavy atom. The lowest BCUT2D eigenvalue weighted by atomic mass is 10.2. The van der Waals surface area contributed by atoms with E-state index in [1.165, 1.54) is 17.5 Å². The molecule has 0 radical (unpaired) electrons. The number of hydrogen-bond donors (Lipinski definition) is 1. The van der Waals surface area contributed by atoms with Crippen LogP contribution in [0.15, 0.2) is 17.0 Å². The highest BCUT2D eigenvalue weighted by molar-refractivity contribution is 8.00. The van der Waals surface area contributed by atoms with E-state index in [1.807, 2.05) is 13.8 Å². The highest BCUT2D eigenvalue weighted by Gasteiger charge is 2.35. The van der Waals surface area contributed by atoms with Gasteiger partial charge in [-0.25, -0.2) is 12.8 Å². The van der Waals surface area contributed by atoms with Gasteiger partial charge in [-0.3, -0.25) is 0 Å². The highest BCUT2D eigenvalue weighted by Crippen LogP contribution is 2.34. The number of ether oxygens (including phenoxy) is 1. The summed E-state index contributed by atoms with van der Waals surface area (Å²) in [5.74, 6) is -0.203. The number of nitrogens with two attached hydrogens (primary N) is 1. The van der Waals surface area contributed by atoms with E-state index < -0.39 is 15.8 Å². The average molecular weight is 334 g/mol. The van der Waals surface area contributed by atoms with Crippen molar-refractivity contribution in [2.24, 2.45) is 0 Å². The molecule has 8 heteroatoms. The van der Waals surface area contributed by atoms with Crippen LogP contribution in [0, 0.1) is 5.82 Å². The zero-order valence-electron chi connectivity index (χ0n) is 12.2. The molecular weight excluding hydrogens is 315 g/mol. The first kappa shape index (κ1) is 16.4. The predicted octanol–water partition coefficient (Wildman–Crippen LogP) is 1.93. The minimum Gasteiger partial charge on any atom is -0.492 e. The molecule has 2 N–H and O–H groups in total. The van der Waals surface area contributed by atoms with E-state index in [0.29, 0.717) is 18.8 Å². The van der Waals surface area contributed by atoms with E-state index in [-0.39, 0.29) is 21.1 Å². The monoisotopic (exact) mass is 334 g/mol. The lowest BCUT2D eigenvalue weighted by molar-refractivity contribution is 0.382. The van der Waals surface area contributed by atoms with Gasteiger partial charge >= 0.3 is 0 Å². The number of benzene rings is 1. The lowest BCUT2D eigenvalue weighted by Crippen LogP contribution is -2.46. The maximum absolute atomic E-state index is 13.9. The summed E-state index contributed by atoms with van der Waals surface area (Å²) in [5, 5.41) is 0. The Kier molecular flexibility index (Phi) is 4.41. The Balaban J connectivity index is 2.40. The van der Waals surface area contributed by atoms with Crippen molar-refractivity contribution in [3.05, 3.63) is 17.9 Å². The Morgan fingerprint density at radius 3 is 2.62 bits per heavy atom. The van der Waals surface area contributed by atoms with Crippen LogP contribution in [0.2, 0.25) is 0 Å². The second-order valence-electron chi connectivity index (χ2n) is 5.47. The van der Waals surface area contributed by atoms with Crippen LogP contribution in [0.5, 0.6) is 5.75 Å². The maximum Gasteiger partial charge on any atom is 0.243 e. The normalized spacial score (nSPS) is 19.4. The quantitative estimate of drug-likeness (QED) is 0.855. The average Bonchev–Trinajstić information content (AvgIpc) is 2.37. The van der Waals surface area contributed by atoms with Crippen LogP contribution in [0.3, 0.4) is 0 Å². The number of halogens is 1. The fraction of sp³-hybridized carbons (Fsp3) is 0.538. The second-order valence-corrected chi connectivity index (χ2v) is 9.21. The first-order valence-electron chi connectivity index (χ1n) is 6.44. The van der Waals surface area contributed by atoms with E-state index in [9.17, 15) is 12.8 Å². The first-order valence-corrected chi connectivity index (χ1v) is 8.87. The number of rotatable bonds is 3. The summed E-state index contributed by atoms with van der Waals surface area (Å²) in [6, 6.07) is 2.20. The molecule has 1 aliphatic heterocycles. The van der Waals surface area contributed by atoms with Gasteiger partial charge in [0.25, 0.3) is 0 Å². The van der Waals surface area contributed by atoms with Crippen LogP contribution >= 0.6 is 11.8 Å². The molecule has 0 saturated carbocycles. The minimum atomic E-state index is -3.76. The summed E-state index contributed by atoms with van der Waals surface area (Å²) >= 11 is 1.72. The van der Waals surface area contributed by atoms with Gasteiger partial charge in [-0.2, -0.15) is 16.1 Å². The number of sulfonamides is 1. The summed E-state index contributed by atoms with van der Waals surface area (Å²) in [7, 11) is -2.47. The molecular formula is C13H19FN2O3S2. The Bertz CT molecular complexity index is 624. The van der Waals surface area contributed by atoms with Gasteiger partial charge in [-0.15, -0.1) is 0 Å². The van der Waals surface area contributed by atoms with E-state index in [0.717, 1.165) is 6.07 Å². The van der Waals surface area contributed by atoms with E-state index >= 15 is 0 Å². The van der Waals surface area contributed by atoms with Gasteiger partial charge in [0.1, 0.15) is 0 Å². The second kappa shape index (κ2) is 5.66. The highest BCUT2D eigenvalue weighted by atomic mass is 32.2. The molecule has 0 spiro atoms. The molecule has 1 fully saturated rings. The molecule has 1 aliphatic rings. The van der Waals surface area contributed by atoms with Crippen molar-refractivity contribution in [3.63, 3.8) is 0 Å².